The van der Waals surface area contributed by atoms with Gasteiger partial charge in [0.05, 0.1) is 16.0 Å². The van der Waals surface area contributed by atoms with Crippen LogP contribution in [-0.4, -0.2) is 44.0 Å². The van der Waals surface area contributed by atoms with Gasteiger partial charge in [-0.1, -0.05) is 60.5 Å². The minimum Gasteiger partial charge on any atom is -0.427 e. The molecule has 1 aliphatic carbocycles. The van der Waals surface area contributed by atoms with Crippen molar-refractivity contribution in [2.45, 2.75) is 95.3 Å². The van der Waals surface area contributed by atoms with Gasteiger partial charge >= 0.3 is 5.97 Å². The van der Waals surface area contributed by atoms with E-state index < -0.39 is 9.84 Å². The number of rotatable bonds is 12. The summed E-state index contributed by atoms with van der Waals surface area (Å²) in [5, 5.41) is 0.860. The van der Waals surface area contributed by atoms with Gasteiger partial charge in [0.1, 0.15) is 12.3 Å². The van der Waals surface area contributed by atoms with Gasteiger partial charge in [-0.2, -0.15) is 4.58 Å². The Kier molecular flexibility index (Phi) is 11.4. The van der Waals surface area contributed by atoms with Gasteiger partial charge in [0, 0.05) is 59.0 Å². The van der Waals surface area contributed by atoms with Crippen LogP contribution in [0, 0.1) is 5.92 Å². The molecule has 3 aromatic carbocycles. The summed E-state index contributed by atoms with van der Waals surface area (Å²) in [6.45, 7) is 12.6. The van der Waals surface area contributed by atoms with Crippen LogP contribution in [0.5, 0.6) is 5.75 Å². The molecule has 0 saturated carbocycles. The van der Waals surface area contributed by atoms with Crippen LogP contribution in [0.15, 0.2) is 118 Å². The Morgan fingerprint density at radius 3 is 2.43 bits per heavy atom. The molecule has 0 bridgehead atoms. The van der Waals surface area contributed by atoms with E-state index in [1.54, 1.807) is 18.2 Å². The Morgan fingerprint density at radius 1 is 0.962 bits per heavy atom. The van der Waals surface area contributed by atoms with Crippen molar-refractivity contribution in [3.05, 3.63) is 124 Å². The predicted molar refractivity (Wildman–Crippen MR) is 216 cm³/mol. The van der Waals surface area contributed by atoms with Crippen LogP contribution < -0.4 is 9.64 Å². The first kappa shape index (κ1) is 38.6. The molecule has 0 saturated heterocycles. The zero-order valence-electron chi connectivity index (χ0n) is 31.9. The number of esters is 1. The maximum absolute atomic E-state index is 12.4. The second-order valence-electron chi connectivity index (χ2n) is 15.5. The largest absolute Gasteiger partial charge is 0.427 e. The number of carbonyl (C=O) groups is 1. The number of ether oxygens (including phenoxy) is 1. The summed E-state index contributed by atoms with van der Waals surface area (Å²) in [5.41, 5.74) is 11.2. The molecule has 2 heterocycles. The van der Waals surface area contributed by atoms with Crippen molar-refractivity contribution in [2.24, 2.45) is 5.92 Å². The van der Waals surface area contributed by atoms with E-state index in [9.17, 15) is 13.2 Å². The van der Waals surface area contributed by atoms with Crippen LogP contribution in [-0.2, 0) is 25.5 Å². The van der Waals surface area contributed by atoms with Crippen LogP contribution in [0.4, 0.5) is 11.4 Å². The highest BCUT2D eigenvalue weighted by molar-refractivity contribution is 7.90. The van der Waals surface area contributed by atoms with Crippen molar-refractivity contribution in [1.29, 1.82) is 0 Å². The molecule has 53 heavy (non-hydrogen) atoms. The van der Waals surface area contributed by atoms with Gasteiger partial charge in [0.25, 0.3) is 0 Å². The molecule has 0 spiro atoms. The highest BCUT2D eigenvalue weighted by Crippen LogP contribution is 2.48. The smallest absolute Gasteiger partial charge is 0.311 e. The molecule has 0 amide bonds. The van der Waals surface area contributed by atoms with Crippen molar-refractivity contribution in [3.63, 3.8) is 0 Å². The topological polar surface area (TPSA) is 66.7 Å². The van der Waals surface area contributed by atoms with Crippen LogP contribution in [0.1, 0.15) is 90.7 Å². The number of unbranched alkanes of at least 4 members (excludes halogenated alkanes) is 2. The fourth-order valence-corrected chi connectivity index (χ4v) is 9.08. The van der Waals surface area contributed by atoms with E-state index in [1.165, 1.54) is 17.5 Å². The summed E-state index contributed by atoms with van der Waals surface area (Å²) < 4.78 is 32.5. The number of hydrogen-bond acceptors (Lipinski definition) is 5. The molecule has 6 rings (SSSR count). The van der Waals surface area contributed by atoms with Crippen molar-refractivity contribution in [3.8, 4) is 5.75 Å². The van der Waals surface area contributed by atoms with Gasteiger partial charge in [-0.25, -0.2) is 8.42 Å². The molecule has 0 fully saturated rings. The zero-order valence-corrected chi connectivity index (χ0v) is 33.5. The fraction of sp³-hybridized carbons (Fsp3) is 0.400. The van der Waals surface area contributed by atoms with Gasteiger partial charge < -0.3 is 9.64 Å². The molecule has 1 unspecified atom stereocenters. The summed E-state index contributed by atoms with van der Waals surface area (Å²) in [4.78, 5) is 15.1. The number of benzene rings is 3. The molecule has 2 aliphatic heterocycles. The maximum Gasteiger partial charge on any atom is 0.311 e. The van der Waals surface area contributed by atoms with Gasteiger partial charge in [-0.05, 0) is 114 Å². The normalized spacial score (nSPS) is 19.0. The average Bonchev–Trinajstić information content (AvgIpc) is 3.48. The number of hydrogen-bond donors (Lipinski definition) is 0. The van der Waals surface area contributed by atoms with E-state index in [2.05, 4.69) is 92.3 Å². The fourth-order valence-electron chi connectivity index (χ4n) is 8.10. The van der Waals surface area contributed by atoms with Crippen LogP contribution in [0.25, 0.3) is 0 Å². The van der Waals surface area contributed by atoms with Crippen molar-refractivity contribution in [1.82, 2.24) is 0 Å². The highest BCUT2D eigenvalue weighted by atomic mass is 35.5. The number of nitrogens with zero attached hydrogens (tertiary/aromatic N) is 2. The zero-order chi connectivity index (χ0) is 38.0. The van der Waals surface area contributed by atoms with Crippen molar-refractivity contribution in [2.75, 3.05) is 24.2 Å². The Labute approximate surface area is 321 Å². The van der Waals surface area contributed by atoms with Gasteiger partial charge in [0.15, 0.2) is 15.5 Å². The molecular formula is C45H52ClN2O4S+. The Bertz CT molecular complexity index is 2150. The number of carbonyl (C=O) groups excluding carboxylic acids is 1. The minimum absolute atomic E-state index is 0.0629. The second-order valence-corrected chi connectivity index (χ2v) is 17.9. The molecular weight excluding hydrogens is 700 g/mol. The molecule has 278 valence electrons. The quantitative estimate of drug-likeness (QED) is 0.0606. The first-order chi connectivity index (χ1) is 25.2. The van der Waals surface area contributed by atoms with E-state index in [0.717, 1.165) is 84.9 Å². The summed E-state index contributed by atoms with van der Waals surface area (Å²) in [7, 11) is -3.32. The number of sulfone groups is 1. The van der Waals surface area contributed by atoms with E-state index in [4.69, 9.17) is 16.3 Å². The average molecular weight is 752 g/mol. The SMILES string of the molecule is CC[N+]1=C(/C=C/C2=C(Cl)C(C=C=C3N(CCCCCC(=O)Oc4ccccc4)c4ccccc4C3(C)C)CCC2)C(C)(C)c2cc(S(C)(=O)=O)ccc21. The Hall–Kier alpha value is -4.16. The lowest BCUT2D eigenvalue weighted by molar-refractivity contribution is -0.433. The number of halogens is 1. The molecule has 6 nitrogen and oxygen atoms in total. The molecule has 0 aromatic heterocycles. The lowest BCUT2D eigenvalue weighted by Gasteiger charge is -2.26. The van der Waals surface area contributed by atoms with Gasteiger partial charge in [-0.15, -0.1) is 5.73 Å². The van der Waals surface area contributed by atoms with E-state index in [-0.39, 0.29) is 22.7 Å². The predicted octanol–water partition coefficient (Wildman–Crippen LogP) is 10.3. The van der Waals surface area contributed by atoms with E-state index in [1.807, 2.05) is 30.3 Å². The van der Waals surface area contributed by atoms with Crippen LogP contribution >= 0.6 is 11.6 Å². The summed E-state index contributed by atoms with van der Waals surface area (Å²) in [5.74, 6) is 0.455. The number of allylic oxidation sites excluding steroid dienone is 5. The molecule has 3 aromatic rings. The van der Waals surface area contributed by atoms with Gasteiger partial charge in [0.2, 0.25) is 5.69 Å². The van der Waals surface area contributed by atoms with E-state index in [0.29, 0.717) is 17.1 Å². The third kappa shape index (κ3) is 8.04. The monoisotopic (exact) mass is 751 g/mol. The molecule has 0 radical (unpaired) electrons. The third-order valence-corrected chi connectivity index (χ3v) is 12.7. The lowest BCUT2D eigenvalue weighted by Crippen LogP contribution is -2.27. The highest BCUT2D eigenvalue weighted by Gasteiger charge is 2.44. The van der Waals surface area contributed by atoms with Crippen LogP contribution in [0.2, 0.25) is 0 Å². The lowest BCUT2D eigenvalue weighted by atomic mass is 9.81. The van der Waals surface area contributed by atoms with Crippen LogP contribution in [0.3, 0.4) is 0 Å². The molecule has 8 heteroatoms. The molecule has 1 atom stereocenters. The summed E-state index contributed by atoms with van der Waals surface area (Å²) in [6, 6.07) is 23.3. The molecule has 0 N–H and O–H groups in total. The first-order valence-electron chi connectivity index (χ1n) is 18.9. The van der Waals surface area contributed by atoms with Gasteiger partial charge in [-0.3, -0.25) is 4.79 Å². The summed E-state index contributed by atoms with van der Waals surface area (Å²) >= 11 is 7.22. The maximum atomic E-state index is 12.4. The number of para-hydroxylation sites is 2. The van der Waals surface area contributed by atoms with E-state index >= 15 is 0 Å². The number of anilines is 1. The second kappa shape index (κ2) is 15.7. The Morgan fingerprint density at radius 2 is 1.70 bits per heavy atom. The standard InChI is InChI=1S/C45H52ClN2O4S/c1-7-47-39-27-26-35(53(6,50)51)31-37(39)45(4,5)40(47)28-24-32-17-16-18-33(43(32)46)25-29-41-44(2,3)36-21-13-14-22-38(36)48(41)30-15-9-12-23-42(49)52-34-19-10-8-11-20-34/h8,10-11,13-14,19-22,24-28,31,33H,7,9,12,15-18,23,30H2,1-6H3/q+1/b28-24+. The minimum atomic E-state index is -3.32. The molecule has 3 aliphatic rings. The summed E-state index contributed by atoms with van der Waals surface area (Å²) in [6.07, 6.45) is 13.7. The first-order valence-corrected chi connectivity index (χ1v) is 21.2. The number of fused-ring (bicyclic) bond motifs is 2. The van der Waals surface area contributed by atoms with Crippen molar-refractivity contribution < 1.29 is 22.5 Å². The Balaban J connectivity index is 1.20. The van der Waals surface area contributed by atoms with Crippen molar-refractivity contribution >= 4 is 44.5 Å². The third-order valence-electron chi connectivity index (χ3n) is 11.0.